The zero-order chi connectivity index (χ0) is 21.0. The Balaban J connectivity index is 1.60. The molecule has 0 aliphatic heterocycles. The molecule has 0 spiro atoms. The topological polar surface area (TPSA) is 88.9 Å². The number of carbonyl (C=O) groups excluding carboxylic acids is 2. The largest absolute Gasteiger partial charge is 0.350 e. The number of hydrogen-bond acceptors (Lipinski definition) is 4. The molecule has 2 amide bonds. The number of hydrogen-bond donors (Lipinski definition) is 2. The summed E-state index contributed by atoms with van der Waals surface area (Å²) >= 11 is 0. The summed E-state index contributed by atoms with van der Waals surface area (Å²) in [5.41, 5.74) is 1.95. The smallest absolute Gasteiger partial charge is 0.278 e. The number of amides is 2. The Bertz CT molecular complexity index is 1050. The van der Waals surface area contributed by atoms with E-state index in [1.807, 2.05) is 0 Å². The molecule has 29 heavy (non-hydrogen) atoms. The van der Waals surface area contributed by atoms with Crippen molar-refractivity contribution in [1.29, 1.82) is 0 Å². The average molecular weight is 399 g/mol. The quantitative estimate of drug-likeness (QED) is 0.667. The number of benzene rings is 2. The third kappa shape index (κ3) is 5.01. The van der Waals surface area contributed by atoms with Crippen LogP contribution in [0.1, 0.15) is 27.3 Å². The van der Waals surface area contributed by atoms with Gasteiger partial charge >= 0.3 is 0 Å². The van der Waals surface area contributed by atoms with Crippen LogP contribution < -0.4 is 10.6 Å². The van der Waals surface area contributed by atoms with Crippen molar-refractivity contribution in [3.8, 4) is 0 Å². The monoisotopic (exact) mass is 399 g/mol. The van der Waals surface area contributed by atoms with Crippen LogP contribution in [0.2, 0.25) is 0 Å². The Morgan fingerprint density at radius 3 is 2.48 bits per heavy atom. The van der Waals surface area contributed by atoms with E-state index in [4.69, 9.17) is 0 Å². The third-order valence-corrected chi connectivity index (χ3v) is 4.32. The molecule has 0 saturated heterocycles. The lowest BCUT2D eigenvalue weighted by Gasteiger charge is -2.07. The van der Waals surface area contributed by atoms with E-state index in [0.717, 1.165) is 5.56 Å². The highest BCUT2D eigenvalue weighted by Gasteiger charge is 2.18. The summed E-state index contributed by atoms with van der Waals surface area (Å²) in [6, 6.07) is 10.1. The van der Waals surface area contributed by atoms with Gasteiger partial charge in [-0.1, -0.05) is 23.4 Å². The molecule has 3 aromatic rings. The maximum absolute atomic E-state index is 13.6. The van der Waals surface area contributed by atoms with Crippen molar-refractivity contribution in [3.63, 3.8) is 0 Å². The van der Waals surface area contributed by atoms with Crippen LogP contribution >= 0.6 is 0 Å². The van der Waals surface area contributed by atoms with Crippen LogP contribution in [0.15, 0.2) is 42.5 Å². The van der Waals surface area contributed by atoms with Gasteiger partial charge in [0.1, 0.15) is 18.2 Å². The Kier molecular flexibility index (Phi) is 5.96. The molecule has 0 radical (unpaired) electrons. The first-order valence-corrected chi connectivity index (χ1v) is 8.82. The molecule has 9 heteroatoms. The second kappa shape index (κ2) is 8.59. The Hall–Kier alpha value is -3.62. The Morgan fingerprint density at radius 2 is 1.79 bits per heavy atom. The minimum atomic E-state index is -0.552. The van der Waals surface area contributed by atoms with Gasteiger partial charge in [-0.2, -0.15) is 0 Å². The van der Waals surface area contributed by atoms with E-state index in [0.29, 0.717) is 16.9 Å². The maximum atomic E-state index is 13.6. The van der Waals surface area contributed by atoms with Crippen molar-refractivity contribution < 1.29 is 18.4 Å². The van der Waals surface area contributed by atoms with E-state index >= 15 is 0 Å². The van der Waals surface area contributed by atoms with Crippen molar-refractivity contribution >= 4 is 17.5 Å². The second-order valence-corrected chi connectivity index (χ2v) is 6.50. The highest BCUT2D eigenvalue weighted by atomic mass is 19.1. The number of nitrogens with one attached hydrogen (secondary N) is 2. The molecule has 0 bridgehead atoms. The fourth-order valence-corrected chi connectivity index (χ4v) is 2.58. The van der Waals surface area contributed by atoms with Crippen molar-refractivity contribution in [3.05, 3.63) is 76.6 Å². The van der Waals surface area contributed by atoms with E-state index < -0.39 is 11.7 Å². The SMILES string of the molecule is Cc1ccc(NC(=O)c2nnn(CC(=O)NCc3ccc(F)cc3)c2C)cc1F. The van der Waals surface area contributed by atoms with Gasteiger partial charge in [0.05, 0.1) is 5.69 Å². The van der Waals surface area contributed by atoms with E-state index in [-0.39, 0.29) is 30.5 Å². The number of halogens is 2. The van der Waals surface area contributed by atoms with Crippen molar-refractivity contribution in [2.75, 3.05) is 5.32 Å². The fourth-order valence-electron chi connectivity index (χ4n) is 2.58. The number of aryl methyl sites for hydroxylation is 1. The molecular formula is C20H19F2N5O2. The standard InChI is InChI=1S/C20H19F2N5O2/c1-12-3-8-16(9-17(12)22)24-20(29)19-13(2)27(26-25-19)11-18(28)23-10-14-4-6-15(21)7-5-14/h3-9H,10-11H2,1-2H3,(H,23,28)(H,24,29). The van der Waals surface area contributed by atoms with E-state index in [1.165, 1.54) is 22.9 Å². The second-order valence-electron chi connectivity index (χ2n) is 6.50. The zero-order valence-corrected chi connectivity index (χ0v) is 15.9. The van der Waals surface area contributed by atoms with Crippen LogP contribution in [-0.4, -0.2) is 26.8 Å². The molecule has 150 valence electrons. The summed E-state index contributed by atoms with van der Waals surface area (Å²) in [6.07, 6.45) is 0. The first-order valence-electron chi connectivity index (χ1n) is 8.82. The van der Waals surface area contributed by atoms with Gasteiger partial charge in [-0.25, -0.2) is 13.5 Å². The summed E-state index contributed by atoms with van der Waals surface area (Å²) in [5, 5.41) is 12.9. The van der Waals surface area contributed by atoms with Crippen LogP contribution in [0.5, 0.6) is 0 Å². The molecule has 3 rings (SSSR count). The van der Waals surface area contributed by atoms with Crippen molar-refractivity contribution in [1.82, 2.24) is 20.3 Å². The van der Waals surface area contributed by atoms with Gasteiger partial charge in [0.15, 0.2) is 5.69 Å². The lowest BCUT2D eigenvalue weighted by molar-refractivity contribution is -0.122. The molecule has 0 unspecified atom stereocenters. The molecular weight excluding hydrogens is 380 g/mol. The van der Waals surface area contributed by atoms with E-state index in [2.05, 4.69) is 20.9 Å². The van der Waals surface area contributed by atoms with Gasteiger partial charge in [-0.05, 0) is 49.2 Å². The molecule has 2 N–H and O–H groups in total. The van der Waals surface area contributed by atoms with Gasteiger partial charge in [-0.3, -0.25) is 9.59 Å². The van der Waals surface area contributed by atoms with E-state index in [1.54, 1.807) is 38.1 Å². The van der Waals surface area contributed by atoms with Gasteiger partial charge in [-0.15, -0.1) is 5.10 Å². The normalized spacial score (nSPS) is 10.6. The van der Waals surface area contributed by atoms with Gasteiger partial charge in [0, 0.05) is 12.2 Å². The molecule has 1 heterocycles. The van der Waals surface area contributed by atoms with Crippen molar-refractivity contribution in [2.24, 2.45) is 0 Å². The van der Waals surface area contributed by atoms with Gasteiger partial charge < -0.3 is 10.6 Å². The highest BCUT2D eigenvalue weighted by Crippen LogP contribution is 2.15. The predicted molar refractivity (Wildman–Crippen MR) is 102 cm³/mol. The van der Waals surface area contributed by atoms with Crippen LogP contribution in [0.3, 0.4) is 0 Å². The summed E-state index contributed by atoms with van der Waals surface area (Å²) < 4.78 is 27.8. The summed E-state index contributed by atoms with van der Waals surface area (Å²) in [7, 11) is 0. The highest BCUT2D eigenvalue weighted by molar-refractivity contribution is 6.03. The maximum Gasteiger partial charge on any atom is 0.278 e. The number of carbonyl (C=O) groups is 2. The minimum Gasteiger partial charge on any atom is -0.350 e. The van der Waals surface area contributed by atoms with Crippen LogP contribution in [-0.2, 0) is 17.9 Å². The molecule has 0 saturated carbocycles. The predicted octanol–water partition coefficient (Wildman–Crippen LogP) is 2.74. The minimum absolute atomic E-state index is 0.0392. The first-order chi connectivity index (χ1) is 13.8. The Morgan fingerprint density at radius 1 is 1.07 bits per heavy atom. The zero-order valence-electron chi connectivity index (χ0n) is 15.9. The van der Waals surface area contributed by atoms with Gasteiger partial charge in [0.2, 0.25) is 5.91 Å². The van der Waals surface area contributed by atoms with Crippen LogP contribution in [0, 0.1) is 25.5 Å². The van der Waals surface area contributed by atoms with E-state index in [9.17, 15) is 18.4 Å². The molecule has 1 aromatic heterocycles. The summed E-state index contributed by atoms with van der Waals surface area (Å²) in [6.45, 7) is 3.33. The number of anilines is 1. The molecule has 7 nitrogen and oxygen atoms in total. The molecule has 2 aromatic carbocycles. The summed E-state index contributed by atoms with van der Waals surface area (Å²) in [5.74, 6) is -1.67. The molecule has 0 aliphatic rings. The number of rotatable bonds is 6. The average Bonchev–Trinajstić information content (AvgIpc) is 3.05. The lowest BCUT2D eigenvalue weighted by atomic mass is 10.2. The molecule has 0 atom stereocenters. The third-order valence-electron chi connectivity index (χ3n) is 4.32. The number of nitrogens with zero attached hydrogens (tertiary/aromatic N) is 3. The van der Waals surface area contributed by atoms with Gasteiger partial charge in [0.25, 0.3) is 5.91 Å². The first kappa shape index (κ1) is 20.1. The molecule has 0 fully saturated rings. The Labute approximate surface area is 165 Å². The lowest BCUT2D eigenvalue weighted by Crippen LogP contribution is -2.28. The van der Waals surface area contributed by atoms with Crippen LogP contribution in [0.4, 0.5) is 14.5 Å². The number of aromatic nitrogens is 3. The van der Waals surface area contributed by atoms with Crippen molar-refractivity contribution in [2.45, 2.75) is 26.9 Å². The fraction of sp³-hybridized carbons (Fsp3) is 0.200. The molecule has 0 aliphatic carbocycles. The van der Waals surface area contributed by atoms with Crippen LogP contribution in [0.25, 0.3) is 0 Å². The summed E-state index contributed by atoms with van der Waals surface area (Å²) in [4.78, 5) is 24.5.